The van der Waals surface area contributed by atoms with Gasteiger partial charge in [0.15, 0.2) is 0 Å². The van der Waals surface area contributed by atoms with E-state index >= 15 is 0 Å². The first-order chi connectivity index (χ1) is 7.76. The van der Waals surface area contributed by atoms with Gasteiger partial charge in [0.1, 0.15) is 0 Å². The van der Waals surface area contributed by atoms with Crippen molar-refractivity contribution in [3.8, 4) is 6.07 Å². The molecule has 1 heterocycles. The number of hydrogen-bond donors (Lipinski definition) is 0. The van der Waals surface area contributed by atoms with E-state index in [9.17, 15) is 4.79 Å². The normalized spacial score (nSPS) is 19.7. The van der Waals surface area contributed by atoms with Crippen LogP contribution in [-0.4, -0.2) is 50.8 Å². The van der Waals surface area contributed by atoms with Crippen LogP contribution in [0.1, 0.15) is 12.8 Å². The second-order valence-electron chi connectivity index (χ2n) is 3.95. The highest BCUT2D eigenvalue weighted by Crippen LogP contribution is 2.14. The Morgan fingerprint density at radius 1 is 1.69 bits per heavy atom. The topological polar surface area (TPSA) is 62.6 Å². The quantitative estimate of drug-likeness (QED) is 0.614. The third-order valence-electron chi connectivity index (χ3n) is 2.66. The zero-order valence-electron chi connectivity index (χ0n) is 9.65. The summed E-state index contributed by atoms with van der Waals surface area (Å²) in [5, 5.41) is 8.55. The number of hydrogen-bond acceptors (Lipinski definition) is 5. The number of nitrogens with zero attached hydrogens (tertiary/aromatic N) is 2. The SMILES string of the molecule is COC(=O)CN(CCC#N)C[C@@H]1CCOC1. The largest absolute Gasteiger partial charge is 0.468 e. The molecule has 0 aromatic carbocycles. The van der Waals surface area contributed by atoms with Crippen molar-refractivity contribution in [2.24, 2.45) is 5.92 Å². The van der Waals surface area contributed by atoms with Crippen LogP contribution in [0, 0.1) is 17.2 Å². The second kappa shape index (κ2) is 7.20. The minimum Gasteiger partial charge on any atom is -0.468 e. The summed E-state index contributed by atoms with van der Waals surface area (Å²) in [4.78, 5) is 13.1. The van der Waals surface area contributed by atoms with Gasteiger partial charge < -0.3 is 9.47 Å². The number of nitriles is 1. The van der Waals surface area contributed by atoms with E-state index in [2.05, 4.69) is 10.8 Å². The fraction of sp³-hybridized carbons (Fsp3) is 0.818. The zero-order valence-corrected chi connectivity index (χ0v) is 9.65. The molecule has 0 bridgehead atoms. The van der Waals surface area contributed by atoms with E-state index in [1.807, 2.05) is 4.90 Å². The van der Waals surface area contributed by atoms with Crippen LogP contribution in [0.25, 0.3) is 0 Å². The van der Waals surface area contributed by atoms with Crippen LogP contribution in [0.2, 0.25) is 0 Å². The predicted octanol–water partition coefficient (Wildman–Crippen LogP) is 0.412. The summed E-state index contributed by atoms with van der Waals surface area (Å²) in [6.45, 7) is 3.23. The molecule has 1 atom stereocenters. The Kier molecular flexibility index (Phi) is 5.83. The Hall–Kier alpha value is -1.12. The van der Waals surface area contributed by atoms with Crippen LogP contribution >= 0.6 is 0 Å². The van der Waals surface area contributed by atoms with Gasteiger partial charge in [-0.3, -0.25) is 9.69 Å². The molecule has 90 valence electrons. The second-order valence-corrected chi connectivity index (χ2v) is 3.95. The Balaban J connectivity index is 2.36. The average molecular weight is 226 g/mol. The maximum atomic E-state index is 11.2. The molecular weight excluding hydrogens is 208 g/mol. The molecule has 0 saturated carbocycles. The molecule has 0 aromatic heterocycles. The highest BCUT2D eigenvalue weighted by molar-refractivity contribution is 5.71. The van der Waals surface area contributed by atoms with E-state index in [0.29, 0.717) is 18.9 Å². The smallest absolute Gasteiger partial charge is 0.319 e. The molecule has 5 nitrogen and oxygen atoms in total. The van der Waals surface area contributed by atoms with Crippen LogP contribution < -0.4 is 0 Å². The van der Waals surface area contributed by atoms with Crippen molar-refractivity contribution in [3.05, 3.63) is 0 Å². The van der Waals surface area contributed by atoms with Gasteiger partial charge in [0.25, 0.3) is 0 Å². The summed E-state index contributed by atoms with van der Waals surface area (Å²) >= 11 is 0. The number of carbonyl (C=O) groups excluding carboxylic acids is 1. The van der Waals surface area contributed by atoms with Gasteiger partial charge >= 0.3 is 5.97 Å². The first kappa shape index (κ1) is 12.9. The molecule has 16 heavy (non-hydrogen) atoms. The molecule has 1 aliphatic rings. The lowest BCUT2D eigenvalue weighted by molar-refractivity contribution is -0.142. The molecule has 1 aliphatic heterocycles. The molecular formula is C11H18N2O3. The number of methoxy groups -OCH3 is 1. The van der Waals surface area contributed by atoms with E-state index < -0.39 is 0 Å². The van der Waals surface area contributed by atoms with Crippen molar-refractivity contribution in [3.63, 3.8) is 0 Å². The Morgan fingerprint density at radius 3 is 3.06 bits per heavy atom. The summed E-state index contributed by atoms with van der Waals surface area (Å²) in [6.07, 6.45) is 1.47. The van der Waals surface area contributed by atoms with Crippen molar-refractivity contribution in [1.82, 2.24) is 4.90 Å². The summed E-state index contributed by atoms with van der Waals surface area (Å²) in [7, 11) is 1.38. The maximum absolute atomic E-state index is 11.2. The van der Waals surface area contributed by atoms with Crippen molar-refractivity contribution in [1.29, 1.82) is 5.26 Å². The molecule has 1 fully saturated rings. The Bertz CT molecular complexity index is 256. The van der Waals surface area contributed by atoms with Gasteiger partial charge in [0, 0.05) is 26.1 Å². The monoisotopic (exact) mass is 226 g/mol. The lowest BCUT2D eigenvalue weighted by Gasteiger charge is -2.22. The zero-order chi connectivity index (χ0) is 11.8. The predicted molar refractivity (Wildman–Crippen MR) is 57.6 cm³/mol. The van der Waals surface area contributed by atoms with Gasteiger partial charge in [-0.2, -0.15) is 5.26 Å². The highest BCUT2D eigenvalue weighted by atomic mass is 16.5. The third kappa shape index (κ3) is 4.60. The molecule has 0 unspecified atom stereocenters. The number of rotatable bonds is 6. The van der Waals surface area contributed by atoms with Gasteiger partial charge in [0.05, 0.1) is 26.3 Å². The van der Waals surface area contributed by atoms with Crippen molar-refractivity contribution in [2.75, 3.05) is 40.0 Å². The maximum Gasteiger partial charge on any atom is 0.319 e. The Labute approximate surface area is 95.9 Å². The van der Waals surface area contributed by atoms with E-state index in [1.165, 1.54) is 7.11 Å². The lowest BCUT2D eigenvalue weighted by Crippen LogP contribution is -2.35. The number of carbonyl (C=O) groups is 1. The van der Waals surface area contributed by atoms with Crippen molar-refractivity contribution in [2.45, 2.75) is 12.8 Å². The molecule has 0 aromatic rings. The van der Waals surface area contributed by atoms with Gasteiger partial charge in [-0.15, -0.1) is 0 Å². The van der Waals surface area contributed by atoms with Crippen LogP contribution in [0.5, 0.6) is 0 Å². The van der Waals surface area contributed by atoms with Gasteiger partial charge in [0.2, 0.25) is 0 Å². The van der Waals surface area contributed by atoms with Crippen LogP contribution in [0.15, 0.2) is 0 Å². The number of esters is 1. The minimum atomic E-state index is -0.253. The molecule has 1 rings (SSSR count). The summed E-state index contributed by atoms with van der Waals surface area (Å²) in [5.74, 6) is 0.222. The third-order valence-corrected chi connectivity index (χ3v) is 2.66. The first-order valence-corrected chi connectivity index (χ1v) is 5.50. The molecule has 1 saturated heterocycles. The van der Waals surface area contributed by atoms with Gasteiger partial charge in [-0.05, 0) is 12.3 Å². The lowest BCUT2D eigenvalue weighted by atomic mass is 10.1. The highest BCUT2D eigenvalue weighted by Gasteiger charge is 2.20. The van der Waals surface area contributed by atoms with Crippen molar-refractivity contribution >= 4 is 5.97 Å². The van der Waals surface area contributed by atoms with E-state index in [-0.39, 0.29) is 12.5 Å². The first-order valence-electron chi connectivity index (χ1n) is 5.50. The van der Waals surface area contributed by atoms with Crippen LogP contribution in [-0.2, 0) is 14.3 Å². The van der Waals surface area contributed by atoms with Crippen LogP contribution in [0.3, 0.4) is 0 Å². The van der Waals surface area contributed by atoms with E-state index in [1.54, 1.807) is 0 Å². The van der Waals surface area contributed by atoms with Gasteiger partial charge in [-0.25, -0.2) is 0 Å². The summed E-state index contributed by atoms with van der Waals surface area (Å²) < 4.78 is 9.92. The van der Waals surface area contributed by atoms with E-state index in [0.717, 1.165) is 26.2 Å². The molecule has 5 heteroatoms. The molecule has 0 N–H and O–H groups in total. The van der Waals surface area contributed by atoms with Crippen LogP contribution in [0.4, 0.5) is 0 Å². The molecule has 0 spiro atoms. The molecule has 0 amide bonds. The fourth-order valence-electron chi connectivity index (χ4n) is 1.78. The Morgan fingerprint density at radius 2 is 2.50 bits per heavy atom. The van der Waals surface area contributed by atoms with Gasteiger partial charge in [-0.1, -0.05) is 0 Å². The average Bonchev–Trinajstić information content (AvgIpc) is 2.78. The molecule has 0 radical (unpaired) electrons. The molecule has 0 aliphatic carbocycles. The van der Waals surface area contributed by atoms with Crippen molar-refractivity contribution < 1.29 is 14.3 Å². The number of ether oxygens (including phenoxy) is 2. The fourth-order valence-corrected chi connectivity index (χ4v) is 1.78. The summed E-state index contributed by atoms with van der Waals surface area (Å²) in [5.41, 5.74) is 0. The standard InChI is InChI=1S/C11H18N2O3/c1-15-11(14)8-13(5-2-4-12)7-10-3-6-16-9-10/h10H,2-3,5-9H2,1H3/t10-/m0/s1. The van der Waals surface area contributed by atoms with E-state index in [4.69, 9.17) is 10.00 Å². The summed E-state index contributed by atoms with van der Waals surface area (Å²) in [6, 6.07) is 2.09. The minimum absolute atomic E-state index is 0.253.